The van der Waals surface area contributed by atoms with Gasteiger partial charge in [-0.25, -0.2) is 10.4 Å². The van der Waals surface area contributed by atoms with Gasteiger partial charge >= 0.3 is 0 Å². The van der Waals surface area contributed by atoms with E-state index in [2.05, 4.69) is 28.5 Å². The van der Waals surface area contributed by atoms with Crippen LogP contribution in [0.2, 0.25) is 0 Å². The maximum Gasteiger partial charge on any atom is 0.0991 e. The number of rotatable bonds is 1. The molecule has 17 heavy (non-hydrogen) atoms. The third-order valence-electron chi connectivity index (χ3n) is 3.49. The van der Waals surface area contributed by atoms with Crippen molar-refractivity contribution in [3.05, 3.63) is 35.4 Å². The summed E-state index contributed by atoms with van der Waals surface area (Å²) in [6.07, 6.45) is 0. The van der Waals surface area contributed by atoms with Gasteiger partial charge in [0.25, 0.3) is 0 Å². The van der Waals surface area contributed by atoms with Crippen LogP contribution in [0.3, 0.4) is 0 Å². The lowest BCUT2D eigenvalue weighted by atomic mass is 10.1. The highest BCUT2D eigenvalue weighted by Gasteiger charge is 2.36. The van der Waals surface area contributed by atoms with Crippen molar-refractivity contribution >= 4 is 0 Å². The van der Waals surface area contributed by atoms with E-state index in [4.69, 9.17) is 5.26 Å². The highest BCUT2D eigenvalue weighted by molar-refractivity contribution is 5.33. The summed E-state index contributed by atoms with van der Waals surface area (Å²) in [4.78, 5) is 0. The number of hydrazine groups is 2. The van der Waals surface area contributed by atoms with E-state index in [9.17, 15) is 0 Å². The maximum absolute atomic E-state index is 8.77. The van der Waals surface area contributed by atoms with E-state index in [1.165, 1.54) is 5.56 Å². The van der Waals surface area contributed by atoms with Crippen LogP contribution in [0.25, 0.3) is 0 Å². The summed E-state index contributed by atoms with van der Waals surface area (Å²) >= 11 is 0. The molecule has 1 N–H and O–H groups in total. The number of nitrogens with zero attached hydrogens (tertiary/aromatic N) is 3. The van der Waals surface area contributed by atoms with Crippen molar-refractivity contribution in [2.45, 2.75) is 13.0 Å². The fourth-order valence-corrected chi connectivity index (χ4v) is 2.64. The molecule has 0 saturated carbocycles. The van der Waals surface area contributed by atoms with E-state index in [-0.39, 0.29) is 0 Å². The van der Waals surface area contributed by atoms with Crippen molar-refractivity contribution in [2.75, 3.05) is 19.6 Å². The molecule has 0 radical (unpaired) electrons. The van der Waals surface area contributed by atoms with E-state index >= 15 is 0 Å². The van der Waals surface area contributed by atoms with Crippen LogP contribution in [0.15, 0.2) is 24.3 Å². The Morgan fingerprint density at radius 3 is 2.65 bits per heavy atom. The predicted octanol–water partition coefficient (Wildman–Crippen LogP) is 1.29. The Morgan fingerprint density at radius 2 is 2.00 bits per heavy atom. The standard InChI is InChI=1S/C13H16N4/c1-10-7-16-9-13(15-17(16)8-10)12-4-2-11(6-14)3-5-12/h2-5,10,13,15H,7-9H2,1H3. The summed E-state index contributed by atoms with van der Waals surface area (Å²) in [5, 5.41) is 13.4. The third-order valence-corrected chi connectivity index (χ3v) is 3.49. The second-order valence-electron chi connectivity index (χ2n) is 4.97. The van der Waals surface area contributed by atoms with Gasteiger partial charge in [-0.1, -0.05) is 19.1 Å². The van der Waals surface area contributed by atoms with Crippen molar-refractivity contribution in [1.82, 2.24) is 15.6 Å². The quantitative estimate of drug-likeness (QED) is 0.786. The molecular weight excluding hydrogens is 212 g/mol. The highest BCUT2D eigenvalue weighted by atomic mass is 15.9. The second kappa shape index (κ2) is 4.11. The van der Waals surface area contributed by atoms with E-state index in [0.717, 1.165) is 31.1 Å². The van der Waals surface area contributed by atoms with Crippen LogP contribution in [0.4, 0.5) is 0 Å². The minimum absolute atomic E-state index is 0.357. The first-order valence-electron chi connectivity index (χ1n) is 6.05. The average Bonchev–Trinajstić information content (AvgIpc) is 2.86. The summed E-state index contributed by atoms with van der Waals surface area (Å²) < 4.78 is 0. The van der Waals surface area contributed by atoms with Crippen molar-refractivity contribution < 1.29 is 0 Å². The van der Waals surface area contributed by atoms with E-state index in [1.54, 1.807) is 0 Å². The molecule has 0 amide bonds. The van der Waals surface area contributed by atoms with Gasteiger partial charge in [-0.3, -0.25) is 0 Å². The molecule has 1 aromatic rings. The van der Waals surface area contributed by atoms with Gasteiger partial charge in [-0.2, -0.15) is 10.4 Å². The van der Waals surface area contributed by atoms with Gasteiger partial charge in [-0.05, 0) is 23.6 Å². The number of fused-ring (bicyclic) bond motifs is 1. The van der Waals surface area contributed by atoms with Gasteiger partial charge in [0.15, 0.2) is 0 Å². The summed E-state index contributed by atoms with van der Waals surface area (Å²) in [5.41, 5.74) is 5.49. The Balaban J connectivity index is 1.73. The van der Waals surface area contributed by atoms with Crippen LogP contribution < -0.4 is 5.43 Å². The molecule has 2 heterocycles. The van der Waals surface area contributed by atoms with Gasteiger partial charge in [0.1, 0.15) is 0 Å². The first-order chi connectivity index (χ1) is 8.26. The molecule has 3 rings (SSSR count). The Hall–Kier alpha value is -1.41. The van der Waals surface area contributed by atoms with Crippen LogP contribution in [-0.4, -0.2) is 29.8 Å². The number of nitrogens with one attached hydrogen (secondary N) is 1. The van der Waals surface area contributed by atoms with Gasteiger partial charge < -0.3 is 0 Å². The fraction of sp³-hybridized carbons (Fsp3) is 0.462. The Morgan fingerprint density at radius 1 is 1.24 bits per heavy atom. The van der Waals surface area contributed by atoms with E-state index < -0.39 is 0 Å². The minimum atomic E-state index is 0.357. The van der Waals surface area contributed by atoms with Crippen LogP contribution in [0.5, 0.6) is 0 Å². The molecule has 2 saturated heterocycles. The number of hydrogen-bond donors (Lipinski definition) is 1. The Bertz CT molecular complexity index is 433. The monoisotopic (exact) mass is 228 g/mol. The van der Waals surface area contributed by atoms with Gasteiger partial charge in [-0.15, -0.1) is 0 Å². The fourth-order valence-electron chi connectivity index (χ4n) is 2.64. The van der Waals surface area contributed by atoms with Crippen molar-refractivity contribution in [2.24, 2.45) is 5.92 Å². The van der Waals surface area contributed by atoms with Gasteiger partial charge in [0.2, 0.25) is 0 Å². The largest absolute Gasteiger partial charge is 0.232 e. The van der Waals surface area contributed by atoms with Gasteiger partial charge in [0.05, 0.1) is 17.7 Å². The zero-order valence-corrected chi connectivity index (χ0v) is 9.93. The normalized spacial score (nSPS) is 29.2. The topological polar surface area (TPSA) is 42.3 Å². The molecule has 0 aliphatic carbocycles. The lowest BCUT2D eigenvalue weighted by molar-refractivity contribution is 0.0438. The molecule has 2 aliphatic rings. The lowest BCUT2D eigenvalue weighted by Gasteiger charge is -2.16. The second-order valence-corrected chi connectivity index (χ2v) is 4.97. The molecule has 0 spiro atoms. The lowest BCUT2D eigenvalue weighted by Crippen LogP contribution is -2.36. The molecule has 2 fully saturated rings. The van der Waals surface area contributed by atoms with E-state index in [1.807, 2.05) is 24.3 Å². The Labute approximate surface area is 101 Å². The first kappa shape index (κ1) is 10.7. The average molecular weight is 228 g/mol. The molecule has 0 aromatic heterocycles. The molecule has 2 atom stereocenters. The first-order valence-corrected chi connectivity index (χ1v) is 6.05. The molecule has 0 bridgehead atoms. The van der Waals surface area contributed by atoms with Crippen LogP contribution in [0.1, 0.15) is 24.1 Å². The molecule has 4 heteroatoms. The summed E-state index contributed by atoms with van der Waals surface area (Å²) in [6.45, 7) is 5.53. The van der Waals surface area contributed by atoms with Gasteiger partial charge in [0, 0.05) is 19.6 Å². The molecule has 1 aromatic carbocycles. The zero-order valence-electron chi connectivity index (χ0n) is 9.93. The van der Waals surface area contributed by atoms with Crippen molar-refractivity contribution in [3.8, 4) is 6.07 Å². The van der Waals surface area contributed by atoms with Crippen molar-refractivity contribution in [1.29, 1.82) is 5.26 Å². The zero-order chi connectivity index (χ0) is 11.8. The molecule has 2 aliphatic heterocycles. The number of nitriles is 1. The smallest absolute Gasteiger partial charge is 0.0991 e. The number of hydrogen-bond acceptors (Lipinski definition) is 4. The maximum atomic E-state index is 8.77. The molecule has 2 unspecified atom stereocenters. The third kappa shape index (κ3) is 1.93. The SMILES string of the molecule is CC1CN2CC(c3ccc(C#N)cc3)NN2C1. The predicted molar refractivity (Wildman–Crippen MR) is 64.5 cm³/mol. The van der Waals surface area contributed by atoms with E-state index in [0.29, 0.717) is 6.04 Å². The van der Waals surface area contributed by atoms with Crippen LogP contribution >= 0.6 is 0 Å². The molecule has 88 valence electrons. The minimum Gasteiger partial charge on any atom is -0.232 e. The summed E-state index contributed by atoms with van der Waals surface area (Å²) in [6, 6.07) is 10.4. The number of benzene rings is 1. The Kier molecular flexibility index (Phi) is 2.60. The summed E-state index contributed by atoms with van der Waals surface area (Å²) in [5.74, 6) is 0.740. The van der Waals surface area contributed by atoms with Crippen LogP contribution in [0, 0.1) is 17.2 Å². The highest BCUT2D eigenvalue weighted by Crippen LogP contribution is 2.27. The molecular formula is C13H16N4. The molecule has 4 nitrogen and oxygen atoms in total. The summed E-state index contributed by atoms with van der Waals surface area (Å²) in [7, 11) is 0. The van der Waals surface area contributed by atoms with Crippen molar-refractivity contribution in [3.63, 3.8) is 0 Å². The van der Waals surface area contributed by atoms with Crippen LogP contribution in [-0.2, 0) is 0 Å².